The Morgan fingerprint density at radius 1 is 1.35 bits per heavy atom. The Hall–Kier alpha value is -1.42. The number of halogens is 1. The molecule has 1 saturated heterocycles. The van der Waals surface area contributed by atoms with Gasteiger partial charge < -0.3 is 4.90 Å². The van der Waals surface area contributed by atoms with E-state index in [1.807, 2.05) is 11.0 Å². The fourth-order valence-corrected chi connectivity index (χ4v) is 3.65. The van der Waals surface area contributed by atoms with Crippen molar-refractivity contribution in [3.63, 3.8) is 0 Å². The van der Waals surface area contributed by atoms with Crippen LogP contribution in [0.15, 0.2) is 24.3 Å². The highest BCUT2D eigenvalue weighted by atomic mass is 19.1. The number of benzene rings is 1. The average Bonchev–Trinajstić information content (AvgIpc) is 2.92. The molecule has 1 aromatic rings. The summed E-state index contributed by atoms with van der Waals surface area (Å²) in [6.07, 6.45) is 2.92. The maximum atomic E-state index is 14.0. The number of hydrogen-bond donors (Lipinski definition) is 1. The first-order chi connectivity index (χ1) is 9.50. The molecule has 1 aliphatic carbocycles. The molecule has 1 amide bonds. The predicted octanol–water partition coefficient (Wildman–Crippen LogP) is 2.83. The Morgan fingerprint density at radius 3 is 2.75 bits per heavy atom. The maximum absolute atomic E-state index is 14.0. The standard InChI is InChI=1S/C16H21FN2O/c1-16(2)9-5-8-13(16)19-14(20)10-18-15(19)11-6-3-4-7-12(11)17/h3-4,6-7,13,15,18H,5,8-10H2,1-2H3. The van der Waals surface area contributed by atoms with E-state index in [0.29, 0.717) is 12.1 Å². The summed E-state index contributed by atoms with van der Waals surface area (Å²) < 4.78 is 14.0. The van der Waals surface area contributed by atoms with Crippen LogP contribution in [-0.4, -0.2) is 23.4 Å². The van der Waals surface area contributed by atoms with Gasteiger partial charge in [0.1, 0.15) is 12.0 Å². The molecule has 1 heterocycles. The van der Waals surface area contributed by atoms with Gasteiger partial charge in [0.25, 0.3) is 0 Å². The summed E-state index contributed by atoms with van der Waals surface area (Å²) in [5.74, 6) is -0.168. The van der Waals surface area contributed by atoms with Crippen LogP contribution in [0.25, 0.3) is 0 Å². The molecule has 108 valence electrons. The van der Waals surface area contributed by atoms with Gasteiger partial charge in [-0.05, 0) is 24.3 Å². The Balaban J connectivity index is 1.95. The normalized spacial score (nSPS) is 29.1. The topological polar surface area (TPSA) is 32.3 Å². The highest BCUT2D eigenvalue weighted by Gasteiger charge is 2.46. The van der Waals surface area contributed by atoms with Crippen LogP contribution in [0, 0.1) is 11.2 Å². The molecule has 0 aromatic heterocycles. The minimum Gasteiger partial charge on any atom is -0.318 e. The van der Waals surface area contributed by atoms with Crippen molar-refractivity contribution in [3.05, 3.63) is 35.6 Å². The van der Waals surface area contributed by atoms with Crippen molar-refractivity contribution in [2.45, 2.75) is 45.3 Å². The quantitative estimate of drug-likeness (QED) is 0.901. The van der Waals surface area contributed by atoms with E-state index in [2.05, 4.69) is 19.2 Å². The van der Waals surface area contributed by atoms with Gasteiger partial charge in [-0.1, -0.05) is 38.5 Å². The van der Waals surface area contributed by atoms with E-state index in [9.17, 15) is 9.18 Å². The lowest BCUT2D eigenvalue weighted by atomic mass is 9.86. The number of carbonyl (C=O) groups excluding carboxylic acids is 1. The van der Waals surface area contributed by atoms with Gasteiger partial charge in [0.2, 0.25) is 5.91 Å². The minimum absolute atomic E-state index is 0.0817. The highest BCUT2D eigenvalue weighted by molar-refractivity contribution is 5.81. The van der Waals surface area contributed by atoms with Crippen molar-refractivity contribution in [1.29, 1.82) is 0 Å². The molecule has 2 unspecified atom stereocenters. The molecule has 1 aromatic carbocycles. The largest absolute Gasteiger partial charge is 0.318 e. The molecule has 1 saturated carbocycles. The maximum Gasteiger partial charge on any atom is 0.238 e. The Labute approximate surface area is 119 Å². The molecular formula is C16H21FN2O. The van der Waals surface area contributed by atoms with Crippen molar-refractivity contribution in [2.75, 3.05) is 6.54 Å². The van der Waals surface area contributed by atoms with Crippen molar-refractivity contribution in [3.8, 4) is 0 Å². The lowest BCUT2D eigenvalue weighted by Crippen LogP contribution is -2.45. The van der Waals surface area contributed by atoms with Crippen LogP contribution in [0.2, 0.25) is 0 Å². The molecule has 20 heavy (non-hydrogen) atoms. The molecule has 4 heteroatoms. The van der Waals surface area contributed by atoms with Crippen LogP contribution < -0.4 is 5.32 Å². The van der Waals surface area contributed by atoms with Gasteiger partial charge in [0, 0.05) is 11.6 Å². The Morgan fingerprint density at radius 2 is 2.10 bits per heavy atom. The number of carbonyl (C=O) groups is 1. The van der Waals surface area contributed by atoms with Gasteiger partial charge in [0.05, 0.1) is 6.54 Å². The zero-order valence-corrected chi connectivity index (χ0v) is 12.0. The summed E-state index contributed by atoms with van der Waals surface area (Å²) in [5.41, 5.74) is 0.673. The molecule has 1 aliphatic heterocycles. The number of hydrogen-bond acceptors (Lipinski definition) is 2. The third-order valence-corrected chi connectivity index (χ3v) is 4.75. The first-order valence-corrected chi connectivity index (χ1v) is 7.30. The van der Waals surface area contributed by atoms with Crippen LogP contribution >= 0.6 is 0 Å². The summed E-state index contributed by atoms with van der Waals surface area (Å²) in [7, 11) is 0. The van der Waals surface area contributed by atoms with Gasteiger partial charge >= 0.3 is 0 Å². The predicted molar refractivity (Wildman–Crippen MR) is 75.4 cm³/mol. The minimum atomic E-state index is -0.328. The fourth-order valence-electron chi connectivity index (χ4n) is 3.65. The lowest BCUT2D eigenvalue weighted by Gasteiger charge is -2.38. The van der Waals surface area contributed by atoms with Crippen molar-refractivity contribution in [1.82, 2.24) is 10.2 Å². The first-order valence-electron chi connectivity index (χ1n) is 7.30. The summed E-state index contributed by atoms with van der Waals surface area (Å²) in [6, 6.07) is 6.91. The van der Waals surface area contributed by atoms with E-state index in [0.717, 1.165) is 19.3 Å². The molecule has 0 radical (unpaired) electrons. The number of nitrogens with zero attached hydrogens (tertiary/aromatic N) is 1. The second kappa shape index (κ2) is 4.85. The molecule has 2 fully saturated rings. The van der Waals surface area contributed by atoms with Gasteiger partial charge in [-0.2, -0.15) is 0 Å². The molecular weight excluding hydrogens is 255 g/mol. The van der Waals surface area contributed by atoms with E-state index in [-0.39, 0.29) is 29.3 Å². The van der Waals surface area contributed by atoms with Crippen molar-refractivity contribution >= 4 is 5.91 Å². The van der Waals surface area contributed by atoms with Crippen molar-refractivity contribution < 1.29 is 9.18 Å². The second-order valence-corrected chi connectivity index (χ2v) is 6.50. The Kier molecular flexibility index (Phi) is 3.28. The van der Waals surface area contributed by atoms with E-state index in [4.69, 9.17) is 0 Å². The van der Waals surface area contributed by atoms with Crippen LogP contribution in [-0.2, 0) is 4.79 Å². The van der Waals surface area contributed by atoms with Gasteiger partial charge in [-0.25, -0.2) is 4.39 Å². The van der Waals surface area contributed by atoms with Crippen LogP contribution in [0.3, 0.4) is 0 Å². The first kappa shape index (κ1) is 13.6. The van der Waals surface area contributed by atoms with E-state index in [1.165, 1.54) is 6.07 Å². The van der Waals surface area contributed by atoms with Gasteiger partial charge in [-0.3, -0.25) is 10.1 Å². The summed E-state index contributed by atoms with van der Waals surface area (Å²) in [6.45, 7) is 4.70. The SMILES string of the molecule is CC1(C)CCCC1N1C(=O)CNC1c1ccccc1F. The highest BCUT2D eigenvalue weighted by Crippen LogP contribution is 2.44. The summed E-state index contributed by atoms with van der Waals surface area (Å²) >= 11 is 0. The third-order valence-electron chi connectivity index (χ3n) is 4.75. The average molecular weight is 276 g/mol. The van der Waals surface area contributed by atoms with Crippen LogP contribution in [0.4, 0.5) is 4.39 Å². The Bertz CT molecular complexity index is 529. The third kappa shape index (κ3) is 2.12. The molecule has 2 aliphatic rings. The summed E-state index contributed by atoms with van der Waals surface area (Å²) in [4.78, 5) is 14.2. The molecule has 2 atom stereocenters. The molecule has 0 spiro atoms. The van der Waals surface area contributed by atoms with Crippen LogP contribution in [0.5, 0.6) is 0 Å². The van der Waals surface area contributed by atoms with Crippen LogP contribution in [0.1, 0.15) is 44.8 Å². The molecule has 3 nitrogen and oxygen atoms in total. The van der Waals surface area contributed by atoms with Crippen molar-refractivity contribution in [2.24, 2.45) is 5.41 Å². The number of rotatable bonds is 2. The number of nitrogens with one attached hydrogen (secondary N) is 1. The van der Waals surface area contributed by atoms with E-state index in [1.54, 1.807) is 12.1 Å². The second-order valence-electron chi connectivity index (χ2n) is 6.50. The monoisotopic (exact) mass is 276 g/mol. The van der Waals surface area contributed by atoms with E-state index >= 15 is 0 Å². The molecule has 1 N–H and O–H groups in total. The fraction of sp³-hybridized carbons (Fsp3) is 0.562. The van der Waals surface area contributed by atoms with Gasteiger partial charge in [-0.15, -0.1) is 0 Å². The molecule has 0 bridgehead atoms. The van der Waals surface area contributed by atoms with E-state index < -0.39 is 0 Å². The number of amides is 1. The zero-order valence-electron chi connectivity index (χ0n) is 12.0. The molecule has 3 rings (SSSR count). The zero-order chi connectivity index (χ0) is 14.3. The summed E-state index contributed by atoms with van der Waals surface area (Å²) in [5, 5.41) is 3.16. The lowest BCUT2D eigenvalue weighted by molar-refractivity contribution is -0.132. The smallest absolute Gasteiger partial charge is 0.238 e. The van der Waals surface area contributed by atoms with Gasteiger partial charge in [0.15, 0.2) is 0 Å².